The van der Waals surface area contributed by atoms with Crippen molar-refractivity contribution in [3.63, 3.8) is 0 Å². The van der Waals surface area contributed by atoms with Crippen molar-refractivity contribution >= 4 is 11.6 Å². The van der Waals surface area contributed by atoms with Crippen molar-refractivity contribution in [2.75, 3.05) is 45.8 Å². The maximum Gasteiger partial charge on any atom is 0.0597 e. The van der Waals surface area contributed by atoms with E-state index in [1.54, 1.807) is 0 Å². The minimum absolute atomic E-state index is 0.389. The van der Waals surface area contributed by atoms with Gasteiger partial charge >= 0.3 is 0 Å². The summed E-state index contributed by atoms with van der Waals surface area (Å²) < 4.78 is 0. The van der Waals surface area contributed by atoms with Crippen LogP contribution >= 0.6 is 11.6 Å². The number of hydrogen-bond acceptors (Lipinski definition) is 4. The highest BCUT2D eigenvalue weighted by molar-refractivity contribution is 6.29. The van der Waals surface area contributed by atoms with E-state index in [4.69, 9.17) is 11.6 Å². The fourth-order valence-electron chi connectivity index (χ4n) is 7.25. The molecular weight excluding hydrogens is 428 g/mol. The maximum absolute atomic E-state index is 6.26. The van der Waals surface area contributed by atoms with Crippen molar-refractivity contribution in [2.45, 2.75) is 91.3 Å². The Kier molecular flexibility index (Phi) is 9.23. The van der Waals surface area contributed by atoms with Gasteiger partial charge in [-0.25, -0.2) is 0 Å². The zero-order chi connectivity index (χ0) is 23.4. The van der Waals surface area contributed by atoms with Crippen LogP contribution in [0.2, 0.25) is 0 Å². The van der Waals surface area contributed by atoms with E-state index in [1.807, 2.05) is 0 Å². The Morgan fingerprint density at radius 2 is 1.91 bits per heavy atom. The topological polar surface area (TPSA) is 30.5 Å². The summed E-state index contributed by atoms with van der Waals surface area (Å²) in [5, 5.41) is 8.96. The zero-order valence-electron chi connectivity index (χ0n) is 21.9. The SMILES string of the molecule is CC(C)[C@H](CN1CCC(C2CC=C(Cl)CC2)C(C)(C)C1)NCC1CCC(N2CCCC2)NC1. The molecule has 0 aromatic heterocycles. The lowest BCUT2D eigenvalue weighted by atomic mass is 9.65. The summed E-state index contributed by atoms with van der Waals surface area (Å²) in [7, 11) is 0. The summed E-state index contributed by atoms with van der Waals surface area (Å²) >= 11 is 6.26. The fraction of sp³-hybridized carbons (Fsp3) is 0.929. The number of nitrogens with one attached hydrogen (secondary N) is 2. The van der Waals surface area contributed by atoms with Crippen LogP contribution in [0.25, 0.3) is 0 Å². The second-order valence-corrected chi connectivity index (χ2v) is 13.2. The Labute approximate surface area is 209 Å². The van der Waals surface area contributed by atoms with Crippen molar-refractivity contribution < 1.29 is 0 Å². The largest absolute Gasteiger partial charge is 0.312 e. The molecule has 190 valence electrons. The monoisotopic (exact) mass is 478 g/mol. The van der Waals surface area contributed by atoms with E-state index in [2.05, 4.69) is 54.2 Å². The molecule has 0 amide bonds. The third kappa shape index (κ3) is 6.97. The fourth-order valence-corrected chi connectivity index (χ4v) is 7.45. The number of piperidine rings is 2. The molecule has 4 aliphatic rings. The van der Waals surface area contributed by atoms with Gasteiger partial charge in [0.1, 0.15) is 0 Å². The normalized spacial score (nSPS) is 35.0. The minimum Gasteiger partial charge on any atom is -0.312 e. The summed E-state index contributed by atoms with van der Waals surface area (Å²) in [5.74, 6) is 3.10. The van der Waals surface area contributed by atoms with Crippen LogP contribution in [0.3, 0.4) is 0 Å². The first kappa shape index (κ1) is 25.9. The molecule has 4 rings (SSSR count). The summed E-state index contributed by atoms with van der Waals surface area (Å²) in [4.78, 5) is 5.44. The highest BCUT2D eigenvalue weighted by Crippen LogP contribution is 2.45. The zero-order valence-corrected chi connectivity index (χ0v) is 22.7. The predicted molar refractivity (Wildman–Crippen MR) is 142 cm³/mol. The molecule has 0 aromatic carbocycles. The van der Waals surface area contributed by atoms with Crippen LogP contribution in [0.4, 0.5) is 0 Å². The number of likely N-dealkylation sites (tertiary alicyclic amines) is 2. The highest BCUT2D eigenvalue weighted by atomic mass is 35.5. The van der Waals surface area contributed by atoms with E-state index in [0.29, 0.717) is 23.5 Å². The first-order valence-electron chi connectivity index (χ1n) is 14.1. The van der Waals surface area contributed by atoms with Crippen LogP contribution in [-0.2, 0) is 0 Å². The van der Waals surface area contributed by atoms with Crippen molar-refractivity contribution in [1.29, 1.82) is 0 Å². The molecule has 0 saturated carbocycles. The lowest BCUT2D eigenvalue weighted by Crippen LogP contribution is -2.54. The molecule has 4 unspecified atom stereocenters. The molecule has 3 fully saturated rings. The van der Waals surface area contributed by atoms with Gasteiger partial charge in [-0.3, -0.25) is 4.90 Å². The molecule has 3 saturated heterocycles. The minimum atomic E-state index is 0.389. The van der Waals surface area contributed by atoms with E-state index in [1.165, 1.54) is 84.2 Å². The predicted octanol–water partition coefficient (Wildman–Crippen LogP) is 5.29. The van der Waals surface area contributed by atoms with Gasteiger partial charge in [0.15, 0.2) is 0 Å². The van der Waals surface area contributed by atoms with Gasteiger partial charge < -0.3 is 15.5 Å². The van der Waals surface area contributed by atoms with Crippen molar-refractivity contribution in [2.24, 2.45) is 29.1 Å². The second kappa shape index (κ2) is 11.7. The van der Waals surface area contributed by atoms with Crippen LogP contribution in [-0.4, -0.2) is 67.8 Å². The number of hydrogen-bond donors (Lipinski definition) is 2. The van der Waals surface area contributed by atoms with Crippen LogP contribution in [0.15, 0.2) is 11.1 Å². The van der Waals surface area contributed by atoms with Gasteiger partial charge in [-0.1, -0.05) is 45.4 Å². The third-order valence-electron chi connectivity index (χ3n) is 9.36. The lowest BCUT2D eigenvalue weighted by molar-refractivity contribution is 0.0114. The third-order valence-corrected chi connectivity index (χ3v) is 9.70. The Morgan fingerprint density at radius 1 is 1.12 bits per heavy atom. The van der Waals surface area contributed by atoms with E-state index >= 15 is 0 Å². The summed E-state index contributed by atoms with van der Waals surface area (Å²) in [6.07, 6.45) is 13.3. The smallest absolute Gasteiger partial charge is 0.0597 e. The number of nitrogens with zero attached hydrogens (tertiary/aromatic N) is 2. The Balaban J connectivity index is 1.22. The van der Waals surface area contributed by atoms with Crippen LogP contribution in [0, 0.1) is 29.1 Å². The molecular formula is C28H51ClN4. The first-order chi connectivity index (χ1) is 15.8. The molecule has 33 heavy (non-hydrogen) atoms. The number of rotatable bonds is 8. The Bertz CT molecular complexity index is 634. The van der Waals surface area contributed by atoms with Gasteiger partial charge in [0.2, 0.25) is 0 Å². The van der Waals surface area contributed by atoms with Crippen molar-refractivity contribution in [3.8, 4) is 0 Å². The number of halogens is 1. The van der Waals surface area contributed by atoms with Gasteiger partial charge in [0, 0.05) is 30.7 Å². The second-order valence-electron chi connectivity index (χ2n) is 12.7. The standard InChI is InChI=1S/C28H51ClN4/c1-21(2)26(30-17-22-7-12-27(31-18-22)33-14-5-6-15-33)19-32-16-13-25(28(3,4)20-32)23-8-10-24(29)11-9-23/h10,21-23,25-27,30-31H,5-9,11-20H2,1-4H3/t22?,23?,25?,26-,27?/m0/s1. The molecule has 0 spiro atoms. The Morgan fingerprint density at radius 3 is 2.52 bits per heavy atom. The van der Waals surface area contributed by atoms with Crippen LogP contribution in [0.1, 0.15) is 79.1 Å². The molecule has 5 heteroatoms. The molecule has 3 aliphatic heterocycles. The van der Waals surface area contributed by atoms with E-state index in [0.717, 1.165) is 35.8 Å². The van der Waals surface area contributed by atoms with Crippen LogP contribution < -0.4 is 10.6 Å². The van der Waals surface area contributed by atoms with Gasteiger partial charge in [-0.15, -0.1) is 0 Å². The Hall–Kier alpha value is -0.130. The summed E-state index contributed by atoms with van der Waals surface area (Å²) in [5.41, 5.74) is 0.389. The lowest BCUT2D eigenvalue weighted by Gasteiger charge is -2.49. The van der Waals surface area contributed by atoms with Gasteiger partial charge in [0.05, 0.1) is 6.17 Å². The molecule has 1 aliphatic carbocycles. The highest BCUT2D eigenvalue weighted by Gasteiger charge is 2.40. The van der Waals surface area contributed by atoms with E-state index in [-0.39, 0.29) is 0 Å². The average molecular weight is 479 g/mol. The van der Waals surface area contributed by atoms with Gasteiger partial charge in [-0.05, 0) is 107 Å². The molecule has 5 atom stereocenters. The van der Waals surface area contributed by atoms with Gasteiger partial charge in [-0.2, -0.15) is 0 Å². The summed E-state index contributed by atoms with van der Waals surface area (Å²) in [6.45, 7) is 18.5. The molecule has 0 radical (unpaired) electrons. The van der Waals surface area contributed by atoms with E-state index < -0.39 is 0 Å². The number of allylic oxidation sites excluding steroid dienone is 2. The molecule has 0 aromatic rings. The summed E-state index contributed by atoms with van der Waals surface area (Å²) in [6, 6.07) is 0.588. The maximum atomic E-state index is 6.26. The van der Waals surface area contributed by atoms with Crippen LogP contribution in [0.5, 0.6) is 0 Å². The van der Waals surface area contributed by atoms with E-state index in [9.17, 15) is 0 Å². The average Bonchev–Trinajstić information content (AvgIpc) is 3.32. The van der Waals surface area contributed by atoms with Gasteiger partial charge in [0.25, 0.3) is 0 Å². The van der Waals surface area contributed by atoms with Crippen molar-refractivity contribution in [3.05, 3.63) is 11.1 Å². The molecule has 3 heterocycles. The molecule has 4 nitrogen and oxygen atoms in total. The molecule has 2 N–H and O–H groups in total. The van der Waals surface area contributed by atoms with Crippen molar-refractivity contribution in [1.82, 2.24) is 20.4 Å². The quantitative estimate of drug-likeness (QED) is 0.496. The molecule has 0 bridgehead atoms. The first-order valence-corrected chi connectivity index (χ1v) is 14.5.